The van der Waals surface area contributed by atoms with Gasteiger partial charge in [0.1, 0.15) is 5.82 Å². The predicted octanol–water partition coefficient (Wildman–Crippen LogP) is 2.02. The smallest absolute Gasteiger partial charge is 0.261 e. The summed E-state index contributed by atoms with van der Waals surface area (Å²) in [7, 11) is 1.40. The molecule has 5 nitrogen and oxygen atoms in total. The Morgan fingerprint density at radius 1 is 1.08 bits per heavy atom. The number of carbonyl (C=O) groups excluding carboxylic acids is 3. The molecule has 0 radical (unpaired) electrons. The molecule has 3 rings (SSSR count). The molecule has 0 saturated heterocycles. The van der Waals surface area contributed by atoms with Crippen LogP contribution in [0.2, 0.25) is 0 Å². The zero-order valence-corrected chi connectivity index (χ0v) is 13.0. The molecule has 1 aliphatic heterocycles. The van der Waals surface area contributed by atoms with Crippen LogP contribution in [0.15, 0.2) is 42.5 Å². The third kappa shape index (κ3) is 2.78. The van der Waals surface area contributed by atoms with Crippen LogP contribution in [0.5, 0.6) is 0 Å². The molecule has 6 heteroatoms. The van der Waals surface area contributed by atoms with Crippen LogP contribution in [0.4, 0.5) is 4.39 Å². The van der Waals surface area contributed by atoms with E-state index < -0.39 is 5.91 Å². The Morgan fingerprint density at radius 3 is 2.54 bits per heavy atom. The molecule has 2 aromatic carbocycles. The van der Waals surface area contributed by atoms with Crippen molar-refractivity contribution in [2.45, 2.75) is 6.42 Å². The lowest BCUT2D eigenvalue weighted by molar-refractivity contribution is 0.0693. The minimum Gasteiger partial charge on any atom is -0.352 e. The highest BCUT2D eigenvalue weighted by molar-refractivity contribution is 6.21. The van der Waals surface area contributed by atoms with Gasteiger partial charge in [0.05, 0.1) is 11.1 Å². The van der Waals surface area contributed by atoms with Gasteiger partial charge in [-0.2, -0.15) is 0 Å². The Hall–Kier alpha value is -3.02. The summed E-state index contributed by atoms with van der Waals surface area (Å²) in [6.07, 6.45) is 0.365. The number of rotatable bonds is 4. The lowest BCUT2D eigenvalue weighted by atomic mass is 10.1. The van der Waals surface area contributed by atoms with Gasteiger partial charge in [-0.05, 0) is 36.2 Å². The maximum Gasteiger partial charge on any atom is 0.261 e. The Kier molecular flexibility index (Phi) is 4.12. The number of hydrogen-bond acceptors (Lipinski definition) is 3. The van der Waals surface area contributed by atoms with Gasteiger partial charge >= 0.3 is 0 Å². The molecule has 3 amide bonds. The second-order valence-electron chi connectivity index (χ2n) is 5.53. The summed E-state index contributed by atoms with van der Waals surface area (Å²) in [5.74, 6) is -1.47. The van der Waals surface area contributed by atoms with Crippen LogP contribution >= 0.6 is 0 Å². The molecular weight excluding hydrogens is 311 g/mol. The maximum atomic E-state index is 13.5. The Morgan fingerprint density at radius 2 is 1.79 bits per heavy atom. The summed E-state index contributed by atoms with van der Waals surface area (Å²) in [5, 5.41) is 2.69. The SMILES string of the molecule is CN1C(=O)c2ccc(C(=O)NCCc3ccccc3F)cc2C1=O. The fourth-order valence-electron chi connectivity index (χ4n) is 2.62. The second-order valence-corrected chi connectivity index (χ2v) is 5.53. The Labute approximate surface area is 138 Å². The highest BCUT2D eigenvalue weighted by Crippen LogP contribution is 2.22. The predicted molar refractivity (Wildman–Crippen MR) is 85.3 cm³/mol. The van der Waals surface area contributed by atoms with Gasteiger partial charge in [-0.15, -0.1) is 0 Å². The fourth-order valence-corrected chi connectivity index (χ4v) is 2.62. The highest BCUT2D eigenvalue weighted by atomic mass is 19.1. The van der Waals surface area contributed by atoms with Gasteiger partial charge in [-0.25, -0.2) is 4.39 Å². The van der Waals surface area contributed by atoms with E-state index in [0.29, 0.717) is 23.1 Å². The zero-order valence-electron chi connectivity index (χ0n) is 13.0. The number of halogens is 1. The van der Waals surface area contributed by atoms with E-state index in [2.05, 4.69) is 5.32 Å². The monoisotopic (exact) mass is 326 g/mol. The lowest BCUT2D eigenvalue weighted by Gasteiger charge is -2.07. The highest BCUT2D eigenvalue weighted by Gasteiger charge is 2.33. The molecule has 0 aromatic heterocycles. The number of nitrogens with zero attached hydrogens (tertiary/aromatic N) is 1. The van der Waals surface area contributed by atoms with Crippen molar-refractivity contribution in [3.8, 4) is 0 Å². The minimum absolute atomic E-state index is 0.226. The van der Waals surface area contributed by atoms with Crippen LogP contribution in [0, 0.1) is 5.82 Å². The first kappa shape index (κ1) is 15.9. The van der Waals surface area contributed by atoms with E-state index in [1.165, 1.54) is 31.3 Å². The first-order chi connectivity index (χ1) is 11.5. The van der Waals surface area contributed by atoms with E-state index in [1.54, 1.807) is 18.2 Å². The molecule has 0 bridgehead atoms. The van der Waals surface area contributed by atoms with Crippen LogP contribution in [0.25, 0.3) is 0 Å². The molecule has 0 saturated carbocycles. The van der Waals surface area contributed by atoms with Crippen LogP contribution in [-0.4, -0.2) is 36.2 Å². The molecule has 0 unspecified atom stereocenters. The van der Waals surface area contributed by atoms with Crippen LogP contribution in [0.3, 0.4) is 0 Å². The Balaban J connectivity index is 1.68. The molecule has 0 atom stereocenters. The average Bonchev–Trinajstić information content (AvgIpc) is 2.80. The van der Waals surface area contributed by atoms with Crippen molar-refractivity contribution in [1.82, 2.24) is 10.2 Å². The average molecular weight is 326 g/mol. The van der Waals surface area contributed by atoms with E-state index in [9.17, 15) is 18.8 Å². The molecule has 1 heterocycles. The molecule has 0 spiro atoms. The van der Waals surface area contributed by atoms with E-state index in [-0.39, 0.29) is 29.7 Å². The fraction of sp³-hybridized carbons (Fsp3) is 0.167. The molecule has 122 valence electrons. The Bertz CT molecular complexity index is 848. The largest absolute Gasteiger partial charge is 0.352 e. The van der Waals surface area contributed by atoms with Gasteiger partial charge in [-0.3, -0.25) is 19.3 Å². The number of benzene rings is 2. The van der Waals surface area contributed by atoms with Gasteiger partial charge in [0.2, 0.25) is 0 Å². The molecular formula is C18H15FN2O3. The van der Waals surface area contributed by atoms with E-state index >= 15 is 0 Å². The van der Waals surface area contributed by atoms with Gasteiger partial charge in [-0.1, -0.05) is 18.2 Å². The first-order valence-electron chi connectivity index (χ1n) is 7.47. The summed E-state index contributed by atoms with van der Waals surface area (Å²) in [6.45, 7) is 0.267. The van der Waals surface area contributed by atoms with Crippen molar-refractivity contribution >= 4 is 17.7 Å². The zero-order chi connectivity index (χ0) is 17.3. The number of carbonyl (C=O) groups is 3. The number of imide groups is 1. The molecule has 0 aliphatic carbocycles. The summed E-state index contributed by atoms with van der Waals surface area (Å²) >= 11 is 0. The number of fused-ring (bicyclic) bond motifs is 1. The summed E-state index contributed by atoms with van der Waals surface area (Å²) in [6, 6.07) is 10.8. The topological polar surface area (TPSA) is 66.5 Å². The van der Waals surface area contributed by atoms with Crippen molar-refractivity contribution in [3.05, 3.63) is 70.5 Å². The van der Waals surface area contributed by atoms with Gasteiger partial charge < -0.3 is 5.32 Å². The summed E-state index contributed by atoms with van der Waals surface area (Å²) in [4.78, 5) is 37.0. The molecule has 2 aromatic rings. The van der Waals surface area contributed by atoms with E-state index in [4.69, 9.17) is 0 Å². The third-order valence-electron chi connectivity index (χ3n) is 3.99. The standard InChI is InChI=1S/C18H15FN2O3/c1-21-17(23)13-7-6-12(10-14(13)18(21)24)16(22)20-9-8-11-4-2-3-5-15(11)19/h2-7,10H,8-9H2,1H3,(H,20,22). The van der Waals surface area contributed by atoms with Crippen molar-refractivity contribution in [2.24, 2.45) is 0 Å². The lowest BCUT2D eigenvalue weighted by Crippen LogP contribution is -2.26. The quantitative estimate of drug-likeness (QED) is 0.874. The van der Waals surface area contributed by atoms with Crippen LogP contribution < -0.4 is 5.32 Å². The first-order valence-corrected chi connectivity index (χ1v) is 7.47. The van der Waals surface area contributed by atoms with Gasteiger partial charge in [0.15, 0.2) is 0 Å². The molecule has 1 aliphatic rings. The normalized spacial score (nSPS) is 13.2. The summed E-state index contributed by atoms with van der Waals surface area (Å²) < 4.78 is 13.5. The van der Waals surface area contributed by atoms with Gasteiger partial charge in [0.25, 0.3) is 17.7 Å². The van der Waals surface area contributed by atoms with Crippen molar-refractivity contribution < 1.29 is 18.8 Å². The molecule has 0 fully saturated rings. The minimum atomic E-state index is -0.420. The molecule has 1 N–H and O–H groups in total. The molecule has 24 heavy (non-hydrogen) atoms. The third-order valence-corrected chi connectivity index (χ3v) is 3.99. The number of nitrogens with one attached hydrogen (secondary N) is 1. The van der Waals surface area contributed by atoms with Crippen molar-refractivity contribution in [2.75, 3.05) is 13.6 Å². The maximum absolute atomic E-state index is 13.5. The second kappa shape index (κ2) is 6.23. The van der Waals surface area contributed by atoms with Gasteiger partial charge in [0, 0.05) is 19.2 Å². The van der Waals surface area contributed by atoms with E-state index in [0.717, 1.165) is 4.90 Å². The number of hydrogen-bond donors (Lipinski definition) is 1. The number of amides is 3. The van der Waals surface area contributed by atoms with Crippen molar-refractivity contribution in [3.63, 3.8) is 0 Å². The van der Waals surface area contributed by atoms with Crippen LogP contribution in [-0.2, 0) is 6.42 Å². The van der Waals surface area contributed by atoms with Crippen molar-refractivity contribution in [1.29, 1.82) is 0 Å². The summed E-state index contributed by atoms with van der Waals surface area (Å²) in [5.41, 5.74) is 1.34. The van der Waals surface area contributed by atoms with E-state index in [1.807, 2.05) is 0 Å². The van der Waals surface area contributed by atoms with Crippen LogP contribution in [0.1, 0.15) is 36.6 Å².